The van der Waals surface area contributed by atoms with Gasteiger partial charge in [-0.2, -0.15) is 0 Å². The van der Waals surface area contributed by atoms with E-state index in [0.717, 1.165) is 12.0 Å². The van der Waals surface area contributed by atoms with Gasteiger partial charge in [-0.25, -0.2) is 0 Å². The molecular weight excluding hydrogens is 172 g/mol. The van der Waals surface area contributed by atoms with Crippen molar-refractivity contribution in [2.24, 2.45) is 5.92 Å². The van der Waals surface area contributed by atoms with Crippen molar-refractivity contribution in [2.45, 2.75) is 39.2 Å². The van der Waals surface area contributed by atoms with E-state index in [1.807, 2.05) is 0 Å². The molecule has 2 aliphatic rings. The van der Waals surface area contributed by atoms with E-state index in [1.54, 1.807) is 0 Å². The monoisotopic (exact) mass is 196 g/mol. The van der Waals surface area contributed by atoms with Crippen molar-refractivity contribution in [1.82, 2.24) is 9.80 Å². The SMILES string of the molecule is CC(C)CN1CCN(C2CCC2)CC1. The Kier molecular flexibility index (Phi) is 3.45. The average Bonchev–Trinajstić information content (AvgIpc) is 2.04. The molecule has 0 N–H and O–H groups in total. The third-order valence-electron chi connectivity index (χ3n) is 3.62. The zero-order chi connectivity index (χ0) is 9.97. The molecule has 0 amide bonds. The van der Waals surface area contributed by atoms with Crippen LogP contribution < -0.4 is 0 Å². The molecule has 0 aromatic rings. The van der Waals surface area contributed by atoms with Crippen molar-refractivity contribution in [3.63, 3.8) is 0 Å². The lowest BCUT2D eigenvalue weighted by atomic mass is 9.91. The van der Waals surface area contributed by atoms with E-state index in [-0.39, 0.29) is 0 Å². The van der Waals surface area contributed by atoms with Gasteiger partial charge in [-0.3, -0.25) is 4.90 Å². The van der Waals surface area contributed by atoms with Gasteiger partial charge < -0.3 is 4.90 Å². The van der Waals surface area contributed by atoms with Gasteiger partial charge in [-0.05, 0) is 18.8 Å². The van der Waals surface area contributed by atoms with Crippen LogP contribution in [-0.2, 0) is 0 Å². The van der Waals surface area contributed by atoms with Gasteiger partial charge in [0.1, 0.15) is 0 Å². The number of piperazine rings is 1. The summed E-state index contributed by atoms with van der Waals surface area (Å²) in [4.78, 5) is 5.33. The molecule has 0 spiro atoms. The van der Waals surface area contributed by atoms with Gasteiger partial charge in [0.25, 0.3) is 0 Å². The average molecular weight is 196 g/mol. The van der Waals surface area contributed by atoms with Crippen LogP contribution in [-0.4, -0.2) is 48.6 Å². The van der Waals surface area contributed by atoms with Crippen LogP contribution in [0.15, 0.2) is 0 Å². The first-order valence-electron chi connectivity index (χ1n) is 6.22. The van der Waals surface area contributed by atoms with Crippen LogP contribution in [0.2, 0.25) is 0 Å². The molecule has 2 rings (SSSR count). The second-order valence-corrected chi connectivity index (χ2v) is 5.32. The summed E-state index contributed by atoms with van der Waals surface area (Å²) < 4.78 is 0. The third-order valence-corrected chi connectivity index (χ3v) is 3.62. The highest BCUT2D eigenvalue weighted by atomic mass is 15.3. The Morgan fingerprint density at radius 3 is 2.14 bits per heavy atom. The van der Waals surface area contributed by atoms with Crippen LogP contribution in [0.25, 0.3) is 0 Å². The Bertz CT molecular complexity index is 167. The summed E-state index contributed by atoms with van der Waals surface area (Å²) >= 11 is 0. The molecular formula is C12H24N2. The number of nitrogens with zero attached hydrogens (tertiary/aromatic N) is 2. The fraction of sp³-hybridized carbons (Fsp3) is 1.00. The molecule has 14 heavy (non-hydrogen) atoms. The molecule has 1 heterocycles. The van der Waals surface area contributed by atoms with Gasteiger partial charge in [0.2, 0.25) is 0 Å². The van der Waals surface area contributed by atoms with Crippen LogP contribution in [0.4, 0.5) is 0 Å². The van der Waals surface area contributed by atoms with E-state index in [0.29, 0.717) is 0 Å². The molecule has 1 aliphatic carbocycles. The first kappa shape index (κ1) is 10.4. The first-order valence-corrected chi connectivity index (χ1v) is 6.22. The van der Waals surface area contributed by atoms with Crippen molar-refractivity contribution in [2.75, 3.05) is 32.7 Å². The van der Waals surface area contributed by atoms with Gasteiger partial charge in [0.05, 0.1) is 0 Å². The van der Waals surface area contributed by atoms with E-state index >= 15 is 0 Å². The van der Waals surface area contributed by atoms with Gasteiger partial charge in [0, 0.05) is 38.8 Å². The summed E-state index contributed by atoms with van der Waals surface area (Å²) in [7, 11) is 0. The topological polar surface area (TPSA) is 6.48 Å². The lowest BCUT2D eigenvalue weighted by molar-refractivity contribution is 0.0573. The molecule has 2 fully saturated rings. The highest BCUT2D eigenvalue weighted by molar-refractivity contribution is 4.83. The van der Waals surface area contributed by atoms with Crippen molar-refractivity contribution in [3.8, 4) is 0 Å². The molecule has 0 unspecified atom stereocenters. The maximum Gasteiger partial charge on any atom is 0.0113 e. The van der Waals surface area contributed by atoms with Crippen LogP contribution in [0.5, 0.6) is 0 Å². The summed E-state index contributed by atoms with van der Waals surface area (Å²) in [5, 5.41) is 0. The molecule has 1 aliphatic heterocycles. The zero-order valence-corrected chi connectivity index (χ0v) is 9.71. The van der Waals surface area contributed by atoms with E-state index in [1.165, 1.54) is 52.0 Å². The predicted molar refractivity (Wildman–Crippen MR) is 60.5 cm³/mol. The molecule has 0 aromatic heterocycles. The largest absolute Gasteiger partial charge is 0.301 e. The third kappa shape index (κ3) is 2.48. The van der Waals surface area contributed by atoms with E-state index in [4.69, 9.17) is 0 Å². The number of rotatable bonds is 3. The van der Waals surface area contributed by atoms with Crippen molar-refractivity contribution < 1.29 is 0 Å². The van der Waals surface area contributed by atoms with Crippen molar-refractivity contribution in [1.29, 1.82) is 0 Å². The predicted octanol–water partition coefficient (Wildman–Crippen LogP) is 1.81. The van der Waals surface area contributed by atoms with Gasteiger partial charge in [-0.15, -0.1) is 0 Å². The number of hydrogen-bond acceptors (Lipinski definition) is 2. The van der Waals surface area contributed by atoms with Crippen LogP contribution >= 0.6 is 0 Å². The first-order chi connectivity index (χ1) is 6.75. The minimum Gasteiger partial charge on any atom is -0.301 e. The van der Waals surface area contributed by atoms with Crippen LogP contribution in [0.3, 0.4) is 0 Å². The normalized spacial score (nSPS) is 26.8. The maximum atomic E-state index is 2.71. The maximum absolute atomic E-state index is 2.71. The van der Waals surface area contributed by atoms with Gasteiger partial charge in [0.15, 0.2) is 0 Å². The highest BCUT2D eigenvalue weighted by Crippen LogP contribution is 2.25. The molecule has 2 nitrogen and oxygen atoms in total. The Morgan fingerprint density at radius 2 is 1.71 bits per heavy atom. The quantitative estimate of drug-likeness (QED) is 0.679. The summed E-state index contributed by atoms with van der Waals surface area (Å²) in [6, 6.07) is 0.955. The second kappa shape index (κ2) is 4.63. The zero-order valence-electron chi connectivity index (χ0n) is 9.71. The lowest BCUT2D eigenvalue weighted by Crippen LogP contribution is -2.52. The minimum atomic E-state index is 0.824. The smallest absolute Gasteiger partial charge is 0.0113 e. The molecule has 0 atom stereocenters. The summed E-state index contributed by atoms with van der Waals surface area (Å²) in [6.45, 7) is 11.2. The van der Waals surface area contributed by atoms with Gasteiger partial charge >= 0.3 is 0 Å². The van der Waals surface area contributed by atoms with Gasteiger partial charge in [-0.1, -0.05) is 20.3 Å². The Balaban J connectivity index is 1.69. The summed E-state index contributed by atoms with van der Waals surface area (Å²) in [5.74, 6) is 0.824. The van der Waals surface area contributed by atoms with Crippen molar-refractivity contribution in [3.05, 3.63) is 0 Å². The molecule has 1 saturated heterocycles. The Labute approximate surface area is 88.3 Å². The molecule has 0 bridgehead atoms. The fourth-order valence-corrected chi connectivity index (χ4v) is 2.58. The molecule has 82 valence electrons. The Morgan fingerprint density at radius 1 is 1.07 bits per heavy atom. The summed E-state index contributed by atoms with van der Waals surface area (Å²) in [6.07, 6.45) is 4.39. The standard InChI is InChI=1S/C12H24N2/c1-11(2)10-13-6-8-14(9-7-13)12-4-3-5-12/h11-12H,3-10H2,1-2H3. The highest BCUT2D eigenvalue weighted by Gasteiger charge is 2.27. The molecule has 0 radical (unpaired) electrons. The molecule has 1 saturated carbocycles. The van der Waals surface area contributed by atoms with Crippen molar-refractivity contribution >= 4 is 0 Å². The van der Waals surface area contributed by atoms with E-state index < -0.39 is 0 Å². The fourth-order valence-electron chi connectivity index (χ4n) is 2.58. The molecule has 0 aromatic carbocycles. The van der Waals surface area contributed by atoms with E-state index in [9.17, 15) is 0 Å². The second-order valence-electron chi connectivity index (χ2n) is 5.32. The van der Waals surface area contributed by atoms with Crippen LogP contribution in [0, 0.1) is 5.92 Å². The minimum absolute atomic E-state index is 0.824. The molecule has 2 heteroatoms. The lowest BCUT2D eigenvalue weighted by Gasteiger charge is -2.43. The Hall–Kier alpha value is -0.0800. The van der Waals surface area contributed by atoms with Crippen LogP contribution in [0.1, 0.15) is 33.1 Å². The summed E-state index contributed by atoms with van der Waals surface area (Å²) in [5.41, 5.74) is 0. The number of hydrogen-bond donors (Lipinski definition) is 0. The van der Waals surface area contributed by atoms with E-state index in [2.05, 4.69) is 23.6 Å².